The van der Waals surface area contributed by atoms with Gasteiger partial charge in [0.05, 0.1) is 13.2 Å². The molecule has 0 aromatic carbocycles. The zero-order chi connectivity index (χ0) is 34.8. The maximum absolute atomic E-state index is 12.6. The van der Waals surface area contributed by atoms with E-state index in [0.717, 1.165) is 38.5 Å². The molecule has 0 aliphatic carbocycles. The number of nitrogens with zero attached hydrogens (tertiary/aromatic N) is 2. The number of rotatable bonds is 36. The number of aliphatic hydroxyl groups is 4. The van der Waals surface area contributed by atoms with Gasteiger partial charge in [-0.05, 0) is 32.4 Å². The molecule has 47 heavy (non-hydrogen) atoms. The molecule has 2 unspecified atom stereocenters. The van der Waals surface area contributed by atoms with Gasteiger partial charge in [0.15, 0.2) is 0 Å². The first kappa shape index (κ1) is 45.7. The summed E-state index contributed by atoms with van der Waals surface area (Å²) in [5.41, 5.74) is 0. The first-order valence-corrected chi connectivity index (χ1v) is 19.5. The van der Waals surface area contributed by atoms with Crippen molar-refractivity contribution in [3.8, 4) is 0 Å². The zero-order valence-corrected chi connectivity index (χ0v) is 30.6. The molecule has 10 nitrogen and oxygen atoms in total. The average Bonchev–Trinajstić information content (AvgIpc) is 3.05. The van der Waals surface area contributed by atoms with Crippen molar-refractivity contribution in [1.82, 2.24) is 20.4 Å². The minimum absolute atomic E-state index is 0.00660. The lowest BCUT2D eigenvalue weighted by atomic mass is 10.1. The second-order valence-electron chi connectivity index (χ2n) is 13.4. The largest absolute Gasteiger partial charge is 0.395 e. The normalized spacial score (nSPS) is 12.9. The van der Waals surface area contributed by atoms with Gasteiger partial charge in [-0.15, -0.1) is 0 Å². The number of amides is 2. The predicted octanol–water partition coefficient (Wildman–Crippen LogP) is 4.76. The maximum atomic E-state index is 12.6. The van der Waals surface area contributed by atoms with Crippen molar-refractivity contribution in [2.75, 3.05) is 65.6 Å². The summed E-state index contributed by atoms with van der Waals surface area (Å²) >= 11 is 0. The molecule has 0 saturated carbocycles. The molecule has 0 bridgehead atoms. The fourth-order valence-electron chi connectivity index (χ4n) is 5.93. The van der Waals surface area contributed by atoms with Gasteiger partial charge >= 0.3 is 0 Å². The van der Waals surface area contributed by atoms with Gasteiger partial charge in [0.25, 0.3) is 0 Å². The van der Waals surface area contributed by atoms with Crippen LogP contribution in [0.1, 0.15) is 149 Å². The molecule has 0 saturated heterocycles. The van der Waals surface area contributed by atoms with Crippen molar-refractivity contribution in [2.45, 2.75) is 161 Å². The number of nitrogens with one attached hydrogen (secondary N) is 2. The molecule has 2 atom stereocenters. The van der Waals surface area contributed by atoms with Gasteiger partial charge in [-0.25, -0.2) is 0 Å². The second-order valence-corrected chi connectivity index (χ2v) is 13.4. The van der Waals surface area contributed by atoms with Crippen LogP contribution in [0.4, 0.5) is 0 Å². The molecule has 0 rings (SSSR count). The van der Waals surface area contributed by atoms with Crippen LogP contribution in [0.3, 0.4) is 0 Å². The minimum Gasteiger partial charge on any atom is -0.395 e. The van der Waals surface area contributed by atoms with Crippen LogP contribution in [-0.4, -0.2) is 120 Å². The number of hydrogen-bond acceptors (Lipinski definition) is 8. The van der Waals surface area contributed by atoms with Crippen molar-refractivity contribution >= 4 is 11.8 Å². The van der Waals surface area contributed by atoms with E-state index in [1.54, 1.807) is 4.90 Å². The highest BCUT2D eigenvalue weighted by Crippen LogP contribution is 2.11. The van der Waals surface area contributed by atoms with Crippen molar-refractivity contribution in [3.05, 3.63) is 0 Å². The monoisotopic (exact) mass is 673 g/mol. The van der Waals surface area contributed by atoms with Crippen molar-refractivity contribution in [1.29, 1.82) is 0 Å². The van der Waals surface area contributed by atoms with Gasteiger partial charge in [0.1, 0.15) is 12.2 Å². The summed E-state index contributed by atoms with van der Waals surface area (Å²) in [7, 11) is 0. The van der Waals surface area contributed by atoms with E-state index in [2.05, 4.69) is 24.5 Å². The molecule has 0 aromatic heterocycles. The van der Waals surface area contributed by atoms with E-state index in [1.807, 2.05) is 4.90 Å². The Morgan fingerprint density at radius 1 is 0.468 bits per heavy atom. The van der Waals surface area contributed by atoms with Gasteiger partial charge in [-0.3, -0.25) is 19.4 Å². The number of carbonyl (C=O) groups is 2. The number of aliphatic hydroxyl groups excluding tert-OH is 4. The molecule has 0 spiro atoms. The summed E-state index contributed by atoms with van der Waals surface area (Å²) in [6.45, 7) is 7.41. The van der Waals surface area contributed by atoms with Gasteiger partial charge in [-0.1, -0.05) is 129 Å². The summed E-state index contributed by atoms with van der Waals surface area (Å²) in [5.74, 6) is -0.874. The van der Waals surface area contributed by atoms with Crippen LogP contribution in [0, 0.1) is 0 Å². The van der Waals surface area contributed by atoms with Crippen molar-refractivity contribution in [2.24, 2.45) is 0 Å². The Hall–Kier alpha value is -1.30. The van der Waals surface area contributed by atoms with Crippen molar-refractivity contribution in [3.63, 3.8) is 0 Å². The topological polar surface area (TPSA) is 146 Å². The summed E-state index contributed by atoms with van der Waals surface area (Å²) in [6, 6.07) is 0. The van der Waals surface area contributed by atoms with Crippen molar-refractivity contribution < 1.29 is 30.0 Å². The van der Waals surface area contributed by atoms with Crippen LogP contribution in [0.2, 0.25) is 0 Å². The van der Waals surface area contributed by atoms with Gasteiger partial charge in [0.2, 0.25) is 11.8 Å². The lowest BCUT2D eigenvalue weighted by molar-refractivity contribution is -0.132. The summed E-state index contributed by atoms with van der Waals surface area (Å²) in [6.07, 6.45) is 22.3. The molecule has 2 amide bonds. The van der Waals surface area contributed by atoms with Crippen LogP contribution < -0.4 is 10.6 Å². The lowest BCUT2D eigenvalue weighted by Crippen LogP contribution is -2.48. The molecule has 0 radical (unpaired) electrons. The highest BCUT2D eigenvalue weighted by atomic mass is 16.3. The van der Waals surface area contributed by atoms with E-state index in [-0.39, 0.29) is 26.3 Å². The highest BCUT2D eigenvalue weighted by Gasteiger charge is 2.23. The molecular weight excluding hydrogens is 596 g/mol. The second kappa shape index (κ2) is 34.6. The van der Waals surface area contributed by atoms with Crippen LogP contribution in [0.25, 0.3) is 0 Å². The highest BCUT2D eigenvalue weighted by molar-refractivity contribution is 5.81. The maximum Gasteiger partial charge on any atom is 0.250 e. The predicted molar refractivity (Wildman–Crippen MR) is 193 cm³/mol. The number of carbonyl (C=O) groups excluding carboxylic acids is 2. The van der Waals surface area contributed by atoms with E-state index in [4.69, 9.17) is 0 Å². The summed E-state index contributed by atoms with van der Waals surface area (Å²) in [5, 5.41) is 45.6. The van der Waals surface area contributed by atoms with Gasteiger partial charge in [0, 0.05) is 39.3 Å². The average molecular weight is 673 g/mol. The molecule has 10 heteroatoms. The molecule has 0 aliphatic rings. The molecule has 6 N–H and O–H groups in total. The third kappa shape index (κ3) is 29.3. The standard InChI is InChI=1S/C37H76N4O6/c1-3-5-7-9-11-13-15-17-19-21-24-38-36(46)34(44)32-41(27-23-26-40(28-30-42)29-31-43)33-35(45)37(47)39-25-22-20-18-16-14-12-10-8-6-4-2/h34-35,42-45H,3-33H2,1-2H3,(H,38,46)(H,39,47). The van der Waals surface area contributed by atoms with Gasteiger partial charge < -0.3 is 31.1 Å². The first-order valence-electron chi connectivity index (χ1n) is 19.5. The zero-order valence-electron chi connectivity index (χ0n) is 30.6. The molecule has 0 fully saturated rings. The lowest BCUT2D eigenvalue weighted by Gasteiger charge is -2.28. The van der Waals surface area contributed by atoms with Crippen LogP contribution in [0.15, 0.2) is 0 Å². The Labute approximate surface area is 288 Å². The van der Waals surface area contributed by atoms with Crippen LogP contribution in [-0.2, 0) is 9.59 Å². The van der Waals surface area contributed by atoms with Gasteiger partial charge in [-0.2, -0.15) is 0 Å². The molecule has 280 valence electrons. The number of unbranched alkanes of at least 4 members (excludes halogenated alkanes) is 18. The third-order valence-electron chi connectivity index (χ3n) is 8.91. The molecular formula is C37H76N4O6. The smallest absolute Gasteiger partial charge is 0.250 e. The van der Waals surface area contributed by atoms with E-state index in [0.29, 0.717) is 45.7 Å². The Morgan fingerprint density at radius 2 is 0.787 bits per heavy atom. The fourth-order valence-corrected chi connectivity index (χ4v) is 5.93. The summed E-state index contributed by atoms with van der Waals surface area (Å²) < 4.78 is 0. The Bertz CT molecular complexity index is 650. The van der Waals surface area contributed by atoms with E-state index in [9.17, 15) is 30.0 Å². The van der Waals surface area contributed by atoms with E-state index < -0.39 is 24.0 Å². The molecule has 0 aliphatic heterocycles. The summed E-state index contributed by atoms with van der Waals surface area (Å²) in [4.78, 5) is 29.0. The fraction of sp³-hybridized carbons (Fsp3) is 0.946. The SMILES string of the molecule is CCCCCCCCCCCCNC(=O)C(O)CN(CCCN(CCO)CCO)CC(O)C(=O)NCCCCCCCCCCCC. The van der Waals surface area contributed by atoms with Crippen LogP contribution >= 0.6 is 0 Å². The Balaban J connectivity index is 4.54. The van der Waals surface area contributed by atoms with E-state index in [1.165, 1.54) is 89.9 Å². The Kier molecular flexibility index (Phi) is 33.6. The minimum atomic E-state index is -1.27. The third-order valence-corrected chi connectivity index (χ3v) is 8.91. The first-order chi connectivity index (χ1) is 22.9. The quantitative estimate of drug-likeness (QED) is 0.0523. The molecule has 0 heterocycles. The van der Waals surface area contributed by atoms with E-state index >= 15 is 0 Å². The molecule has 0 aromatic rings. The van der Waals surface area contributed by atoms with Crippen LogP contribution in [0.5, 0.6) is 0 Å². The number of hydrogen-bond donors (Lipinski definition) is 6. The Morgan fingerprint density at radius 3 is 1.13 bits per heavy atom.